The third-order valence-corrected chi connectivity index (χ3v) is 3.86. The van der Waals surface area contributed by atoms with Crippen molar-refractivity contribution in [3.05, 3.63) is 29.8 Å². The summed E-state index contributed by atoms with van der Waals surface area (Å²) < 4.78 is 26.9. The van der Waals surface area contributed by atoms with Crippen LogP contribution in [0, 0.1) is 0 Å². The van der Waals surface area contributed by atoms with Gasteiger partial charge in [-0.25, -0.2) is 4.79 Å². The number of aromatic carboxylic acids is 1. The van der Waals surface area contributed by atoms with Crippen molar-refractivity contribution in [2.24, 2.45) is 0 Å². The summed E-state index contributed by atoms with van der Waals surface area (Å²) in [6, 6.07) is 6.41. The summed E-state index contributed by atoms with van der Waals surface area (Å²) in [4.78, 5) is 11.6. The lowest BCUT2D eigenvalue weighted by Gasteiger charge is -2.21. The van der Waals surface area contributed by atoms with Crippen molar-refractivity contribution in [2.75, 3.05) is 39.9 Å². The topological polar surface area (TPSA) is 95.5 Å². The highest BCUT2D eigenvalue weighted by Crippen LogP contribution is 2.42. The van der Waals surface area contributed by atoms with Crippen LogP contribution in [0.2, 0.25) is 0 Å². The smallest absolute Gasteiger partial charge is 0.337 e. The molecule has 0 aromatic heterocycles. The lowest BCUT2D eigenvalue weighted by molar-refractivity contribution is 0.0697. The maximum absolute atomic E-state index is 11.6. The van der Waals surface area contributed by atoms with Gasteiger partial charge in [0.05, 0.1) is 32.6 Å². The number of hydrogen-bond donors (Lipinski definition) is 2. The van der Waals surface area contributed by atoms with Gasteiger partial charge in [-0.2, -0.15) is 0 Å². The monoisotopic (exact) mass is 361 g/mol. The van der Waals surface area contributed by atoms with E-state index in [1.54, 1.807) is 18.2 Å². The first-order chi connectivity index (χ1) is 12.6. The standard InChI is InChI=1S/C18H19NO7/c1-22-15-6-10(7-16(23-2)17(15)24-3)19-12-9-14-13(25-4-5-26-14)8-11(12)18(20)21/h6-9,19H,4-5H2,1-3H3,(H,20,21). The number of ether oxygens (including phenoxy) is 5. The fourth-order valence-corrected chi connectivity index (χ4v) is 2.68. The van der Waals surface area contributed by atoms with Crippen LogP contribution in [0.25, 0.3) is 0 Å². The second-order valence-corrected chi connectivity index (χ2v) is 5.39. The molecule has 2 aromatic carbocycles. The Balaban J connectivity index is 2.04. The Hall–Kier alpha value is -3.29. The summed E-state index contributed by atoms with van der Waals surface area (Å²) in [5, 5.41) is 12.6. The van der Waals surface area contributed by atoms with Gasteiger partial charge in [-0.1, -0.05) is 0 Å². The zero-order valence-electron chi connectivity index (χ0n) is 14.6. The first-order valence-electron chi connectivity index (χ1n) is 7.81. The van der Waals surface area contributed by atoms with Crippen molar-refractivity contribution < 1.29 is 33.6 Å². The Labute approximate surface area is 150 Å². The van der Waals surface area contributed by atoms with E-state index in [-0.39, 0.29) is 5.56 Å². The molecule has 0 amide bonds. The van der Waals surface area contributed by atoms with Gasteiger partial charge in [0.1, 0.15) is 13.2 Å². The summed E-state index contributed by atoms with van der Waals surface area (Å²) in [7, 11) is 4.53. The number of fused-ring (bicyclic) bond motifs is 1. The number of anilines is 2. The molecule has 1 aliphatic rings. The van der Waals surface area contributed by atoms with Crippen LogP contribution in [0.4, 0.5) is 11.4 Å². The molecule has 2 N–H and O–H groups in total. The minimum atomic E-state index is -1.09. The molecule has 1 aliphatic heterocycles. The number of methoxy groups -OCH3 is 3. The van der Waals surface area contributed by atoms with Crippen molar-refractivity contribution in [1.82, 2.24) is 0 Å². The van der Waals surface area contributed by atoms with Gasteiger partial charge in [-0.15, -0.1) is 0 Å². The van der Waals surface area contributed by atoms with E-state index in [0.29, 0.717) is 53.3 Å². The van der Waals surface area contributed by atoms with E-state index in [1.807, 2.05) is 0 Å². The van der Waals surface area contributed by atoms with Crippen molar-refractivity contribution >= 4 is 17.3 Å². The fourth-order valence-electron chi connectivity index (χ4n) is 2.68. The van der Waals surface area contributed by atoms with Crippen LogP contribution in [0.15, 0.2) is 24.3 Å². The number of rotatable bonds is 6. The molecule has 0 unspecified atom stereocenters. The van der Waals surface area contributed by atoms with E-state index in [1.165, 1.54) is 27.4 Å². The summed E-state index contributed by atoms with van der Waals surface area (Å²) >= 11 is 0. The summed E-state index contributed by atoms with van der Waals surface area (Å²) in [5.41, 5.74) is 0.984. The van der Waals surface area contributed by atoms with E-state index < -0.39 is 5.97 Å². The zero-order chi connectivity index (χ0) is 18.7. The minimum Gasteiger partial charge on any atom is -0.493 e. The van der Waals surface area contributed by atoms with Gasteiger partial charge < -0.3 is 34.1 Å². The predicted molar refractivity (Wildman–Crippen MR) is 93.8 cm³/mol. The number of carbonyl (C=O) groups is 1. The molecule has 0 spiro atoms. The fraction of sp³-hybridized carbons (Fsp3) is 0.278. The molecule has 8 heteroatoms. The highest BCUT2D eigenvalue weighted by Gasteiger charge is 2.21. The average molecular weight is 361 g/mol. The van der Waals surface area contributed by atoms with E-state index >= 15 is 0 Å². The summed E-state index contributed by atoms with van der Waals surface area (Å²) in [6.07, 6.45) is 0. The zero-order valence-corrected chi connectivity index (χ0v) is 14.6. The molecule has 1 heterocycles. The van der Waals surface area contributed by atoms with Crippen LogP contribution in [-0.4, -0.2) is 45.6 Å². The maximum Gasteiger partial charge on any atom is 0.337 e. The van der Waals surface area contributed by atoms with Crippen molar-refractivity contribution in [1.29, 1.82) is 0 Å². The van der Waals surface area contributed by atoms with E-state index in [9.17, 15) is 9.90 Å². The van der Waals surface area contributed by atoms with Crippen molar-refractivity contribution in [3.63, 3.8) is 0 Å². The molecule has 138 valence electrons. The number of nitrogens with one attached hydrogen (secondary N) is 1. The molecular formula is C18H19NO7. The van der Waals surface area contributed by atoms with Gasteiger partial charge >= 0.3 is 5.97 Å². The van der Waals surface area contributed by atoms with Gasteiger partial charge in [0.15, 0.2) is 23.0 Å². The van der Waals surface area contributed by atoms with Crippen molar-refractivity contribution in [2.45, 2.75) is 0 Å². The molecule has 2 aromatic rings. The van der Waals surface area contributed by atoms with Gasteiger partial charge in [0, 0.05) is 30.0 Å². The highest BCUT2D eigenvalue weighted by atomic mass is 16.6. The van der Waals surface area contributed by atoms with Crippen LogP contribution in [0.5, 0.6) is 28.7 Å². The largest absolute Gasteiger partial charge is 0.493 e. The Morgan fingerprint density at radius 2 is 1.54 bits per heavy atom. The summed E-state index contributed by atoms with van der Waals surface area (Å²) in [5.74, 6) is 1.14. The predicted octanol–water partition coefficient (Wildman–Crippen LogP) is 2.93. The molecule has 0 saturated heterocycles. The Bertz CT molecular complexity index is 810. The number of benzene rings is 2. The minimum absolute atomic E-state index is 0.0583. The SMILES string of the molecule is COc1cc(Nc2cc3c(cc2C(=O)O)OCCO3)cc(OC)c1OC. The highest BCUT2D eigenvalue weighted by molar-refractivity contribution is 5.96. The van der Waals surface area contributed by atoms with Gasteiger partial charge in [0.2, 0.25) is 5.75 Å². The van der Waals surface area contributed by atoms with Crippen LogP contribution in [-0.2, 0) is 0 Å². The number of carboxylic acid groups (broad SMARTS) is 1. The lowest BCUT2D eigenvalue weighted by atomic mass is 10.1. The molecule has 0 aliphatic carbocycles. The first-order valence-corrected chi connectivity index (χ1v) is 7.81. The maximum atomic E-state index is 11.6. The normalized spacial score (nSPS) is 12.3. The third-order valence-electron chi connectivity index (χ3n) is 3.86. The van der Waals surface area contributed by atoms with Gasteiger partial charge in [-0.05, 0) is 0 Å². The molecule has 3 rings (SSSR count). The molecule has 0 bridgehead atoms. The van der Waals surface area contributed by atoms with E-state index in [2.05, 4.69) is 5.32 Å². The van der Waals surface area contributed by atoms with Crippen molar-refractivity contribution in [3.8, 4) is 28.7 Å². The molecule has 0 radical (unpaired) electrons. The molecule has 0 saturated carbocycles. The third kappa shape index (κ3) is 3.26. The van der Waals surface area contributed by atoms with E-state index in [4.69, 9.17) is 23.7 Å². The molecular weight excluding hydrogens is 342 g/mol. The molecule has 0 fully saturated rings. The van der Waals surface area contributed by atoms with Crippen LogP contribution >= 0.6 is 0 Å². The second-order valence-electron chi connectivity index (χ2n) is 5.39. The van der Waals surface area contributed by atoms with Gasteiger partial charge in [0.25, 0.3) is 0 Å². The second kappa shape index (κ2) is 7.30. The molecule has 0 atom stereocenters. The molecule has 26 heavy (non-hydrogen) atoms. The molecule has 8 nitrogen and oxygen atoms in total. The van der Waals surface area contributed by atoms with Gasteiger partial charge in [-0.3, -0.25) is 0 Å². The average Bonchev–Trinajstić information content (AvgIpc) is 2.66. The lowest BCUT2D eigenvalue weighted by Crippen LogP contribution is -2.16. The Morgan fingerprint density at radius 1 is 0.962 bits per heavy atom. The van der Waals surface area contributed by atoms with Crippen LogP contribution in [0.1, 0.15) is 10.4 Å². The Kier molecular flexibility index (Phi) is 4.92. The number of hydrogen-bond acceptors (Lipinski definition) is 7. The van der Waals surface area contributed by atoms with Crippen LogP contribution < -0.4 is 29.0 Å². The Morgan fingerprint density at radius 3 is 2.04 bits per heavy atom. The van der Waals surface area contributed by atoms with Crippen LogP contribution in [0.3, 0.4) is 0 Å². The number of carboxylic acids is 1. The van der Waals surface area contributed by atoms with E-state index in [0.717, 1.165) is 0 Å². The first kappa shape index (κ1) is 17.5. The quantitative estimate of drug-likeness (QED) is 0.811. The summed E-state index contributed by atoms with van der Waals surface area (Å²) in [6.45, 7) is 0.786.